The predicted octanol–water partition coefficient (Wildman–Crippen LogP) is 3.02. The zero-order valence-electron chi connectivity index (χ0n) is 18.4. The average Bonchev–Trinajstić information content (AvgIpc) is 3.25. The number of nitrogens with one attached hydrogen (secondary N) is 2. The van der Waals surface area contributed by atoms with Crippen molar-refractivity contribution in [2.45, 2.75) is 6.54 Å². The molecule has 2 amide bonds. The highest BCUT2D eigenvalue weighted by Gasteiger charge is 2.13. The zero-order chi connectivity index (χ0) is 23.6. The van der Waals surface area contributed by atoms with Gasteiger partial charge in [0.2, 0.25) is 5.91 Å². The van der Waals surface area contributed by atoms with Gasteiger partial charge in [-0.05, 0) is 35.9 Å². The summed E-state index contributed by atoms with van der Waals surface area (Å²) >= 11 is 0. The molecule has 0 radical (unpaired) electrons. The maximum absolute atomic E-state index is 12.7. The lowest BCUT2D eigenvalue weighted by molar-refractivity contribution is -0.111. The molecule has 0 atom stereocenters. The Morgan fingerprint density at radius 3 is 2.76 bits per heavy atom. The Labute approximate surface area is 192 Å². The Hall–Kier alpha value is -4.51. The number of hydrogen-bond acceptors (Lipinski definition) is 5. The summed E-state index contributed by atoms with van der Waals surface area (Å²) in [6.45, 7) is 0.448. The van der Waals surface area contributed by atoms with Crippen LogP contribution in [0.25, 0.3) is 6.08 Å². The highest BCUT2D eigenvalue weighted by Crippen LogP contribution is 2.28. The normalized spacial score (nSPS) is 10.5. The Bertz CT molecular complexity index is 1210. The van der Waals surface area contributed by atoms with Crippen LogP contribution in [-0.2, 0) is 18.4 Å². The van der Waals surface area contributed by atoms with E-state index in [1.165, 1.54) is 13.2 Å². The van der Waals surface area contributed by atoms with E-state index in [1.54, 1.807) is 61.1 Å². The Balaban J connectivity index is 1.66. The number of imidazole rings is 1. The van der Waals surface area contributed by atoms with Crippen molar-refractivity contribution in [2.75, 3.05) is 19.0 Å². The topological polar surface area (TPSA) is 94.5 Å². The second-order valence-corrected chi connectivity index (χ2v) is 6.95. The molecule has 0 unspecified atom stereocenters. The Morgan fingerprint density at radius 2 is 2.03 bits per heavy atom. The minimum absolute atomic E-state index is 0.128. The molecule has 168 valence electrons. The summed E-state index contributed by atoms with van der Waals surface area (Å²) in [4.78, 5) is 29.2. The third-order valence-electron chi connectivity index (χ3n) is 4.70. The molecule has 1 heterocycles. The fourth-order valence-electron chi connectivity index (χ4n) is 2.98. The summed E-state index contributed by atoms with van der Waals surface area (Å²) in [5.41, 5.74) is 2.36. The van der Waals surface area contributed by atoms with Crippen LogP contribution in [0, 0.1) is 12.3 Å². The van der Waals surface area contributed by atoms with E-state index in [1.807, 2.05) is 11.6 Å². The van der Waals surface area contributed by atoms with Gasteiger partial charge in [-0.3, -0.25) is 9.59 Å². The van der Waals surface area contributed by atoms with Crippen LogP contribution in [-0.4, -0.2) is 35.1 Å². The molecule has 8 nitrogen and oxygen atoms in total. The number of amides is 2. The van der Waals surface area contributed by atoms with E-state index in [4.69, 9.17) is 15.9 Å². The van der Waals surface area contributed by atoms with Crippen molar-refractivity contribution in [1.82, 2.24) is 14.9 Å². The van der Waals surface area contributed by atoms with E-state index >= 15 is 0 Å². The van der Waals surface area contributed by atoms with E-state index in [2.05, 4.69) is 21.5 Å². The number of nitrogens with zero attached hydrogens (tertiary/aromatic N) is 2. The van der Waals surface area contributed by atoms with E-state index in [0.717, 1.165) is 11.3 Å². The van der Waals surface area contributed by atoms with Gasteiger partial charge in [0, 0.05) is 19.3 Å². The number of ether oxygens (including phenoxy) is 2. The lowest BCUT2D eigenvalue weighted by atomic mass is 10.1. The second kappa shape index (κ2) is 11.2. The molecule has 8 heteroatoms. The van der Waals surface area contributed by atoms with Crippen LogP contribution in [0.1, 0.15) is 21.6 Å². The molecule has 0 saturated carbocycles. The number of aromatic nitrogens is 2. The van der Waals surface area contributed by atoms with Crippen LogP contribution < -0.4 is 20.1 Å². The molecular formula is C25H24N4O4. The number of para-hydroxylation sites is 1. The minimum Gasteiger partial charge on any atom is -0.493 e. The SMILES string of the molecule is C#CCOc1ccc(/C=C/C(=O)Nc2ccccc2C(=O)NCc2cncn2C)cc1OC. The van der Waals surface area contributed by atoms with Crippen LogP contribution in [0.15, 0.2) is 61.1 Å². The molecule has 0 aliphatic rings. The van der Waals surface area contributed by atoms with Crippen LogP contribution in [0.3, 0.4) is 0 Å². The van der Waals surface area contributed by atoms with E-state index < -0.39 is 0 Å². The summed E-state index contributed by atoms with van der Waals surface area (Å²) in [5.74, 6) is 2.73. The van der Waals surface area contributed by atoms with Gasteiger partial charge in [0.25, 0.3) is 5.91 Å². The molecule has 0 spiro atoms. The average molecular weight is 444 g/mol. The number of methoxy groups -OCH3 is 1. The van der Waals surface area contributed by atoms with Gasteiger partial charge in [0.15, 0.2) is 11.5 Å². The van der Waals surface area contributed by atoms with Gasteiger partial charge < -0.3 is 24.7 Å². The summed E-state index contributed by atoms with van der Waals surface area (Å²) < 4.78 is 12.5. The third kappa shape index (κ3) is 6.24. The molecule has 2 N–H and O–H groups in total. The van der Waals surface area contributed by atoms with Crippen molar-refractivity contribution in [2.24, 2.45) is 7.05 Å². The number of carbonyl (C=O) groups is 2. The maximum Gasteiger partial charge on any atom is 0.253 e. The number of aryl methyl sites for hydroxylation is 1. The summed E-state index contributed by atoms with van der Waals surface area (Å²) in [5, 5.41) is 5.59. The largest absolute Gasteiger partial charge is 0.493 e. The molecule has 0 aliphatic heterocycles. The molecule has 1 aromatic heterocycles. The van der Waals surface area contributed by atoms with E-state index in [0.29, 0.717) is 29.3 Å². The quantitative estimate of drug-likeness (QED) is 0.391. The van der Waals surface area contributed by atoms with Gasteiger partial charge in [0.05, 0.1) is 36.9 Å². The van der Waals surface area contributed by atoms with Crippen molar-refractivity contribution in [3.63, 3.8) is 0 Å². The van der Waals surface area contributed by atoms with Gasteiger partial charge in [-0.2, -0.15) is 0 Å². The molecule has 0 bridgehead atoms. The van der Waals surface area contributed by atoms with E-state index in [-0.39, 0.29) is 18.4 Å². The first-order valence-electron chi connectivity index (χ1n) is 10.1. The number of hydrogen-bond donors (Lipinski definition) is 2. The van der Waals surface area contributed by atoms with Crippen LogP contribution in [0.2, 0.25) is 0 Å². The molecule has 0 saturated heterocycles. The van der Waals surface area contributed by atoms with Gasteiger partial charge in [-0.15, -0.1) is 6.42 Å². The molecular weight excluding hydrogens is 420 g/mol. The fraction of sp³-hybridized carbons (Fsp3) is 0.160. The highest BCUT2D eigenvalue weighted by molar-refractivity contribution is 6.07. The molecule has 33 heavy (non-hydrogen) atoms. The van der Waals surface area contributed by atoms with Crippen LogP contribution in [0.5, 0.6) is 11.5 Å². The number of anilines is 1. The standard InChI is InChI=1S/C25H24N4O4/c1-4-13-33-22-11-9-18(14-23(22)32-3)10-12-24(30)28-21-8-6-5-7-20(21)25(31)27-16-19-15-26-17-29(19)2/h1,5-12,14-15,17H,13,16H2,2-3H3,(H,27,31)(H,28,30)/b12-10+. The number of carbonyl (C=O) groups excluding carboxylic acids is 2. The Morgan fingerprint density at radius 1 is 1.21 bits per heavy atom. The first kappa shape index (κ1) is 23.2. The molecule has 3 rings (SSSR count). The van der Waals surface area contributed by atoms with Gasteiger partial charge in [-0.1, -0.05) is 24.1 Å². The summed E-state index contributed by atoms with van der Waals surface area (Å²) in [6, 6.07) is 12.0. The number of benzene rings is 2. The minimum atomic E-state index is -0.381. The maximum atomic E-state index is 12.7. The van der Waals surface area contributed by atoms with Crippen molar-refractivity contribution >= 4 is 23.6 Å². The lowest BCUT2D eigenvalue weighted by Gasteiger charge is -2.11. The highest BCUT2D eigenvalue weighted by atomic mass is 16.5. The van der Waals surface area contributed by atoms with Gasteiger partial charge in [-0.25, -0.2) is 4.98 Å². The van der Waals surface area contributed by atoms with Crippen molar-refractivity contribution in [1.29, 1.82) is 0 Å². The molecule has 2 aromatic carbocycles. The summed E-state index contributed by atoms with van der Waals surface area (Å²) in [7, 11) is 3.37. The number of rotatable bonds is 9. The van der Waals surface area contributed by atoms with Crippen LogP contribution >= 0.6 is 0 Å². The van der Waals surface area contributed by atoms with Crippen molar-refractivity contribution < 1.29 is 19.1 Å². The van der Waals surface area contributed by atoms with Gasteiger partial charge >= 0.3 is 0 Å². The predicted molar refractivity (Wildman–Crippen MR) is 126 cm³/mol. The second-order valence-electron chi connectivity index (χ2n) is 6.95. The smallest absolute Gasteiger partial charge is 0.253 e. The van der Waals surface area contributed by atoms with Crippen molar-refractivity contribution in [3.8, 4) is 23.8 Å². The lowest BCUT2D eigenvalue weighted by Crippen LogP contribution is -2.25. The Kier molecular flexibility index (Phi) is 7.86. The van der Waals surface area contributed by atoms with Gasteiger partial charge in [0.1, 0.15) is 6.61 Å². The van der Waals surface area contributed by atoms with E-state index in [9.17, 15) is 9.59 Å². The van der Waals surface area contributed by atoms with Crippen LogP contribution in [0.4, 0.5) is 5.69 Å². The monoisotopic (exact) mass is 444 g/mol. The number of terminal acetylenes is 1. The van der Waals surface area contributed by atoms with Crippen molar-refractivity contribution in [3.05, 3.63) is 77.9 Å². The fourth-order valence-corrected chi connectivity index (χ4v) is 2.98. The first-order valence-corrected chi connectivity index (χ1v) is 10.1. The third-order valence-corrected chi connectivity index (χ3v) is 4.70. The first-order chi connectivity index (χ1) is 16.0. The molecule has 0 fully saturated rings. The summed E-state index contributed by atoms with van der Waals surface area (Å²) in [6.07, 6.45) is 11.6. The molecule has 0 aliphatic carbocycles. The zero-order valence-corrected chi connectivity index (χ0v) is 18.4. The molecule has 3 aromatic rings.